The maximum atomic E-state index is 13.0. The molecule has 3 aromatic rings. The second-order valence-corrected chi connectivity index (χ2v) is 8.08. The van der Waals surface area contributed by atoms with Gasteiger partial charge >= 0.3 is 0 Å². The maximum Gasteiger partial charge on any atom is 0.271 e. The van der Waals surface area contributed by atoms with Crippen LogP contribution in [0.1, 0.15) is 46.8 Å². The van der Waals surface area contributed by atoms with Crippen LogP contribution in [-0.2, 0) is 11.8 Å². The average Bonchev–Trinajstić information content (AvgIpc) is 3.35. The number of aryl methyl sites for hydroxylation is 1. The largest absolute Gasteiger partial charge is 0.337 e. The molecular formula is C22H23N5O2. The number of carbonyl (C=O) groups is 1. The van der Waals surface area contributed by atoms with E-state index >= 15 is 0 Å². The van der Waals surface area contributed by atoms with Gasteiger partial charge in [0.15, 0.2) is 0 Å². The average molecular weight is 389 g/mol. The molecule has 148 valence electrons. The smallest absolute Gasteiger partial charge is 0.271 e. The SMILES string of the molecule is Cc1nc2c(c(=O)[nH]1)CCC21CCN(C(=O)c2cc(-c3ccccc3)n[nH]2)CC1. The van der Waals surface area contributed by atoms with Gasteiger partial charge < -0.3 is 9.88 Å². The van der Waals surface area contributed by atoms with E-state index in [0.29, 0.717) is 24.6 Å². The summed E-state index contributed by atoms with van der Waals surface area (Å²) < 4.78 is 0. The number of aromatic nitrogens is 4. The molecule has 0 radical (unpaired) electrons. The molecule has 1 spiro atoms. The van der Waals surface area contributed by atoms with Gasteiger partial charge in [0.05, 0.1) is 11.4 Å². The number of benzene rings is 1. The number of piperidine rings is 1. The first kappa shape index (κ1) is 17.8. The third-order valence-electron chi connectivity index (χ3n) is 6.38. The topological polar surface area (TPSA) is 94.7 Å². The van der Waals surface area contributed by atoms with Crippen molar-refractivity contribution in [3.8, 4) is 11.3 Å². The summed E-state index contributed by atoms with van der Waals surface area (Å²) in [6.07, 6.45) is 3.38. The molecule has 1 aliphatic heterocycles. The molecule has 5 rings (SSSR count). The predicted octanol–water partition coefficient (Wildman–Crippen LogP) is 2.59. The van der Waals surface area contributed by atoms with E-state index in [9.17, 15) is 9.59 Å². The van der Waals surface area contributed by atoms with Crippen molar-refractivity contribution in [2.45, 2.75) is 38.0 Å². The fourth-order valence-electron chi connectivity index (χ4n) is 4.75. The van der Waals surface area contributed by atoms with Crippen LogP contribution >= 0.6 is 0 Å². The van der Waals surface area contributed by atoms with Crippen LogP contribution in [0.4, 0.5) is 0 Å². The summed E-state index contributed by atoms with van der Waals surface area (Å²) in [6, 6.07) is 11.6. The van der Waals surface area contributed by atoms with Crippen molar-refractivity contribution < 1.29 is 4.79 Å². The number of H-pyrrole nitrogens is 2. The van der Waals surface area contributed by atoms with Gasteiger partial charge in [-0.15, -0.1) is 0 Å². The molecular weight excluding hydrogens is 366 g/mol. The lowest BCUT2D eigenvalue weighted by Crippen LogP contribution is -2.45. The van der Waals surface area contributed by atoms with E-state index in [-0.39, 0.29) is 16.9 Å². The summed E-state index contributed by atoms with van der Waals surface area (Å²) in [4.78, 5) is 34.6. The van der Waals surface area contributed by atoms with Crippen LogP contribution < -0.4 is 5.56 Å². The van der Waals surface area contributed by atoms with E-state index in [0.717, 1.165) is 48.2 Å². The van der Waals surface area contributed by atoms with E-state index in [4.69, 9.17) is 0 Å². The molecule has 2 aliphatic rings. The van der Waals surface area contributed by atoms with Crippen molar-refractivity contribution in [2.75, 3.05) is 13.1 Å². The van der Waals surface area contributed by atoms with Crippen LogP contribution in [0.15, 0.2) is 41.2 Å². The molecule has 0 unspecified atom stereocenters. The molecule has 2 N–H and O–H groups in total. The minimum absolute atomic E-state index is 0.00576. The Bertz CT molecular complexity index is 1120. The van der Waals surface area contributed by atoms with E-state index in [1.165, 1.54) is 0 Å². The number of carbonyl (C=O) groups excluding carboxylic acids is 1. The van der Waals surface area contributed by atoms with E-state index in [1.807, 2.05) is 48.2 Å². The van der Waals surface area contributed by atoms with Crippen molar-refractivity contribution in [1.82, 2.24) is 25.1 Å². The Morgan fingerprint density at radius 1 is 1.14 bits per heavy atom. The molecule has 1 fully saturated rings. The molecule has 1 aliphatic carbocycles. The summed E-state index contributed by atoms with van der Waals surface area (Å²) in [5.74, 6) is 0.641. The number of hydrogen-bond acceptors (Lipinski definition) is 4. The second kappa shape index (κ2) is 6.69. The Labute approximate surface area is 168 Å². The standard InChI is InChI=1S/C22H23N5O2/c1-14-23-19-16(20(28)24-14)7-8-22(19)9-11-27(12-10-22)21(29)18-13-17(25-26-18)15-5-3-2-4-6-15/h2-6,13H,7-12H2,1H3,(H,25,26)(H,23,24,28). The normalized spacial score (nSPS) is 17.5. The number of nitrogens with zero attached hydrogens (tertiary/aromatic N) is 3. The third kappa shape index (κ3) is 2.97. The molecule has 3 heterocycles. The molecule has 1 saturated heterocycles. The van der Waals surface area contributed by atoms with Gasteiger partial charge in [-0.2, -0.15) is 5.10 Å². The number of aromatic amines is 2. The lowest BCUT2D eigenvalue weighted by atomic mass is 9.76. The van der Waals surface area contributed by atoms with Gasteiger partial charge in [0.2, 0.25) is 0 Å². The Balaban J connectivity index is 1.33. The van der Waals surface area contributed by atoms with Crippen molar-refractivity contribution in [3.05, 3.63) is 69.5 Å². The summed E-state index contributed by atoms with van der Waals surface area (Å²) in [5, 5.41) is 7.20. The van der Waals surface area contributed by atoms with Crippen molar-refractivity contribution >= 4 is 5.91 Å². The highest BCUT2D eigenvalue weighted by atomic mass is 16.2. The van der Waals surface area contributed by atoms with Crippen LogP contribution in [0, 0.1) is 6.92 Å². The molecule has 0 atom stereocenters. The number of amides is 1. The minimum Gasteiger partial charge on any atom is -0.337 e. The monoisotopic (exact) mass is 389 g/mol. The van der Waals surface area contributed by atoms with Gasteiger partial charge in [0, 0.05) is 29.6 Å². The zero-order valence-corrected chi connectivity index (χ0v) is 16.4. The van der Waals surface area contributed by atoms with Crippen molar-refractivity contribution in [1.29, 1.82) is 0 Å². The van der Waals surface area contributed by atoms with Gasteiger partial charge in [-0.05, 0) is 38.7 Å². The van der Waals surface area contributed by atoms with Crippen LogP contribution in [0.5, 0.6) is 0 Å². The summed E-state index contributed by atoms with van der Waals surface area (Å²) in [5.41, 5.74) is 3.97. The fraction of sp³-hybridized carbons (Fsp3) is 0.364. The minimum atomic E-state index is -0.0751. The van der Waals surface area contributed by atoms with Gasteiger partial charge in [-0.3, -0.25) is 14.7 Å². The van der Waals surface area contributed by atoms with Crippen LogP contribution in [0.25, 0.3) is 11.3 Å². The first-order chi connectivity index (χ1) is 14.1. The Morgan fingerprint density at radius 2 is 1.90 bits per heavy atom. The number of likely N-dealkylation sites (tertiary alicyclic amines) is 1. The second-order valence-electron chi connectivity index (χ2n) is 8.08. The summed E-state index contributed by atoms with van der Waals surface area (Å²) in [7, 11) is 0. The first-order valence-corrected chi connectivity index (χ1v) is 10.1. The van der Waals surface area contributed by atoms with Crippen molar-refractivity contribution in [3.63, 3.8) is 0 Å². The van der Waals surface area contributed by atoms with Gasteiger partial charge in [0.1, 0.15) is 11.5 Å². The Hall–Kier alpha value is -3.22. The number of fused-ring (bicyclic) bond motifs is 2. The predicted molar refractivity (Wildman–Crippen MR) is 109 cm³/mol. The van der Waals surface area contributed by atoms with E-state index in [1.54, 1.807) is 0 Å². The Kier molecular flexibility index (Phi) is 4.12. The quantitative estimate of drug-likeness (QED) is 0.704. The van der Waals surface area contributed by atoms with Crippen LogP contribution in [0.3, 0.4) is 0 Å². The zero-order chi connectivity index (χ0) is 20.0. The van der Waals surface area contributed by atoms with Gasteiger partial charge in [0.25, 0.3) is 11.5 Å². The lowest BCUT2D eigenvalue weighted by molar-refractivity contribution is 0.0657. The van der Waals surface area contributed by atoms with Gasteiger partial charge in [-0.1, -0.05) is 30.3 Å². The van der Waals surface area contributed by atoms with E-state index in [2.05, 4.69) is 20.2 Å². The molecule has 29 heavy (non-hydrogen) atoms. The van der Waals surface area contributed by atoms with Crippen molar-refractivity contribution in [2.24, 2.45) is 0 Å². The molecule has 0 bridgehead atoms. The number of rotatable bonds is 2. The van der Waals surface area contributed by atoms with Crippen LogP contribution in [-0.4, -0.2) is 44.1 Å². The van der Waals surface area contributed by atoms with E-state index < -0.39 is 0 Å². The highest BCUT2D eigenvalue weighted by molar-refractivity contribution is 5.93. The highest BCUT2D eigenvalue weighted by Crippen LogP contribution is 2.44. The fourth-order valence-corrected chi connectivity index (χ4v) is 4.75. The summed E-state index contributed by atoms with van der Waals surface area (Å²) >= 11 is 0. The number of hydrogen-bond donors (Lipinski definition) is 2. The molecule has 1 aromatic carbocycles. The highest BCUT2D eigenvalue weighted by Gasteiger charge is 2.44. The lowest BCUT2D eigenvalue weighted by Gasteiger charge is -2.39. The molecule has 0 saturated carbocycles. The Morgan fingerprint density at radius 3 is 2.66 bits per heavy atom. The first-order valence-electron chi connectivity index (χ1n) is 10.1. The zero-order valence-electron chi connectivity index (χ0n) is 16.4. The molecule has 7 nitrogen and oxygen atoms in total. The third-order valence-corrected chi connectivity index (χ3v) is 6.38. The van der Waals surface area contributed by atoms with Crippen LogP contribution in [0.2, 0.25) is 0 Å². The van der Waals surface area contributed by atoms with Gasteiger partial charge in [-0.25, -0.2) is 4.98 Å². The summed E-state index contributed by atoms with van der Waals surface area (Å²) in [6.45, 7) is 3.14. The maximum absolute atomic E-state index is 13.0. The molecule has 7 heteroatoms. The molecule has 2 aromatic heterocycles. The number of nitrogens with one attached hydrogen (secondary N) is 2. The molecule has 1 amide bonds.